The van der Waals surface area contributed by atoms with Gasteiger partial charge in [-0.1, -0.05) is 24.0 Å². The lowest BCUT2D eigenvalue weighted by Gasteiger charge is -2.23. The van der Waals surface area contributed by atoms with Crippen LogP contribution in [-0.4, -0.2) is 45.2 Å². The summed E-state index contributed by atoms with van der Waals surface area (Å²) in [5, 5.41) is 9.82. The molecule has 0 amide bonds. The van der Waals surface area contributed by atoms with Gasteiger partial charge >= 0.3 is 0 Å². The Labute approximate surface area is 90.5 Å². The van der Waals surface area contributed by atoms with E-state index in [1.54, 1.807) is 18.9 Å². The van der Waals surface area contributed by atoms with Crippen LogP contribution < -0.4 is 0 Å². The van der Waals surface area contributed by atoms with Crippen molar-refractivity contribution in [1.82, 2.24) is 0 Å². The summed E-state index contributed by atoms with van der Waals surface area (Å²) in [7, 11) is 1.54. The molecule has 3 nitrogen and oxygen atoms in total. The summed E-state index contributed by atoms with van der Waals surface area (Å²) in [6.45, 7) is 0. The summed E-state index contributed by atoms with van der Waals surface area (Å²) in [4.78, 5) is 0. The lowest BCUT2D eigenvalue weighted by molar-refractivity contribution is -0.144. The van der Waals surface area contributed by atoms with Gasteiger partial charge in [0.25, 0.3) is 0 Å². The topological polar surface area (TPSA) is 38.7 Å². The normalized spacial score (nSPS) is 44.9. The lowest BCUT2D eigenvalue weighted by atomic mass is 10.2. The van der Waals surface area contributed by atoms with Crippen molar-refractivity contribution >= 4 is 39.3 Å². The van der Waals surface area contributed by atoms with Crippen LogP contribution in [0.2, 0.25) is 0 Å². The third-order valence-corrected chi connectivity index (χ3v) is 5.18. The van der Waals surface area contributed by atoms with E-state index in [1.807, 2.05) is 0 Å². The number of methoxy groups -OCH3 is 1. The number of rotatable bonds is 1. The maximum absolute atomic E-state index is 9.76. The van der Waals surface area contributed by atoms with Crippen molar-refractivity contribution < 1.29 is 14.6 Å². The Kier molecular flexibility index (Phi) is 3.17. The monoisotopic (exact) mass is 238 g/mol. The molecule has 2 fully saturated rings. The molecule has 0 aromatic carbocycles. The van der Waals surface area contributed by atoms with E-state index in [4.69, 9.17) is 21.7 Å². The van der Waals surface area contributed by atoms with E-state index in [-0.39, 0.29) is 11.4 Å². The molecule has 0 radical (unpaired) electrons. The fourth-order valence-corrected chi connectivity index (χ4v) is 4.33. The Balaban J connectivity index is 2.07. The maximum atomic E-state index is 9.76. The van der Waals surface area contributed by atoms with Crippen LogP contribution in [0.5, 0.6) is 0 Å². The Morgan fingerprint density at radius 2 is 2.46 bits per heavy atom. The van der Waals surface area contributed by atoms with Crippen molar-refractivity contribution in [3.63, 3.8) is 0 Å². The molecule has 13 heavy (non-hydrogen) atoms. The van der Waals surface area contributed by atoms with Crippen molar-refractivity contribution in [2.45, 2.75) is 23.7 Å². The van der Waals surface area contributed by atoms with Crippen LogP contribution in [-0.2, 0) is 9.47 Å². The highest BCUT2D eigenvalue weighted by molar-refractivity contribution is 8.47. The number of aliphatic hydroxyl groups excluding tert-OH is 1. The molecule has 2 saturated heterocycles. The van der Waals surface area contributed by atoms with Crippen molar-refractivity contribution in [2.24, 2.45) is 0 Å². The minimum absolute atomic E-state index is 0.0544. The van der Waals surface area contributed by atoms with Crippen molar-refractivity contribution in [3.05, 3.63) is 0 Å². The number of aliphatic hydroxyl groups is 1. The largest absolute Gasteiger partial charge is 0.387 e. The zero-order valence-electron chi connectivity index (χ0n) is 7.00. The average molecular weight is 238 g/mol. The van der Waals surface area contributed by atoms with Gasteiger partial charge in [-0.25, -0.2) is 0 Å². The second kappa shape index (κ2) is 4.04. The number of ether oxygens (including phenoxy) is 2. The van der Waals surface area contributed by atoms with Gasteiger partial charge in [0.1, 0.15) is 9.63 Å². The highest BCUT2D eigenvalue weighted by atomic mass is 32.2. The van der Waals surface area contributed by atoms with E-state index >= 15 is 0 Å². The standard InChI is InChI=1S/C7H10O3S3/c1-9-6-4(8)5-3(10-6)2-12-7(11)13-5/h3-6,8H,2H2,1H3/t3-,4-,5+,6+/m1/s1. The summed E-state index contributed by atoms with van der Waals surface area (Å²) >= 11 is 8.21. The van der Waals surface area contributed by atoms with Gasteiger partial charge in [-0.05, 0) is 0 Å². The molecule has 2 aliphatic heterocycles. The van der Waals surface area contributed by atoms with E-state index in [2.05, 4.69) is 0 Å². The van der Waals surface area contributed by atoms with Crippen LogP contribution in [0.15, 0.2) is 0 Å². The summed E-state index contributed by atoms with van der Waals surface area (Å²) in [5.74, 6) is 0.827. The predicted octanol–water partition coefficient (Wildman–Crippen LogP) is 0.852. The molecule has 2 rings (SSSR count). The Morgan fingerprint density at radius 3 is 3.15 bits per heavy atom. The highest BCUT2D eigenvalue weighted by Gasteiger charge is 2.46. The van der Waals surface area contributed by atoms with Gasteiger partial charge < -0.3 is 14.6 Å². The molecule has 2 aliphatic rings. The average Bonchev–Trinajstić information content (AvgIpc) is 2.44. The van der Waals surface area contributed by atoms with Crippen LogP contribution in [0.1, 0.15) is 0 Å². The van der Waals surface area contributed by atoms with E-state index in [0.717, 1.165) is 9.28 Å². The van der Waals surface area contributed by atoms with Crippen LogP contribution in [0.25, 0.3) is 0 Å². The first-order valence-corrected chi connectivity index (χ1v) is 6.19. The van der Waals surface area contributed by atoms with Gasteiger partial charge in [0.15, 0.2) is 6.29 Å². The SMILES string of the molecule is CO[C@H]1O[C@@H]2CSC(=S)S[C@@H]2[C@H]1O. The molecule has 0 aliphatic carbocycles. The quantitative estimate of drug-likeness (QED) is 0.683. The molecule has 74 valence electrons. The zero-order valence-corrected chi connectivity index (χ0v) is 9.45. The summed E-state index contributed by atoms with van der Waals surface area (Å²) in [6.07, 6.45) is -0.968. The molecule has 0 unspecified atom stereocenters. The van der Waals surface area contributed by atoms with Crippen molar-refractivity contribution in [3.8, 4) is 0 Å². The Morgan fingerprint density at radius 1 is 1.69 bits per heavy atom. The summed E-state index contributed by atoms with van der Waals surface area (Å²) < 4.78 is 11.4. The summed E-state index contributed by atoms with van der Waals surface area (Å²) in [6, 6.07) is 0. The highest BCUT2D eigenvalue weighted by Crippen LogP contribution is 2.40. The van der Waals surface area contributed by atoms with Gasteiger partial charge in [0, 0.05) is 12.9 Å². The van der Waals surface area contributed by atoms with Crippen LogP contribution in [0, 0.1) is 0 Å². The molecule has 2 heterocycles. The maximum Gasteiger partial charge on any atom is 0.184 e. The van der Waals surface area contributed by atoms with E-state index < -0.39 is 12.4 Å². The van der Waals surface area contributed by atoms with E-state index in [1.165, 1.54) is 11.8 Å². The Bertz CT molecular complexity index is 221. The molecule has 4 atom stereocenters. The van der Waals surface area contributed by atoms with Crippen LogP contribution in [0.4, 0.5) is 0 Å². The molecule has 0 spiro atoms. The van der Waals surface area contributed by atoms with E-state index in [9.17, 15) is 5.11 Å². The third-order valence-electron chi connectivity index (χ3n) is 2.12. The Hall–Kier alpha value is 0.670. The number of thioether (sulfide) groups is 2. The fraction of sp³-hybridized carbons (Fsp3) is 0.857. The minimum Gasteiger partial charge on any atom is -0.387 e. The number of hydrogen-bond donors (Lipinski definition) is 1. The molecular formula is C7H10O3S3. The van der Waals surface area contributed by atoms with Gasteiger partial charge in [-0.2, -0.15) is 0 Å². The minimum atomic E-state index is -0.557. The van der Waals surface area contributed by atoms with Gasteiger partial charge in [-0.15, -0.1) is 11.8 Å². The van der Waals surface area contributed by atoms with Crippen LogP contribution in [0.3, 0.4) is 0 Å². The van der Waals surface area contributed by atoms with Crippen molar-refractivity contribution in [1.29, 1.82) is 0 Å². The van der Waals surface area contributed by atoms with Crippen molar-refractivity contribution in [2.75, 3.05) is 12.9 Å². The summed E-state index contributed by atoms with van der Waals surface area (Å²) in [5.41, 5.74) is 0. The zero-order chi connectivity index (χ0) is 9.42. The molecule has 0 aromatic rings. The van der Waals surface area contributed by atoms with Gasteiger partial charge in [0.05, 0.1) is 11.4 Å². The van der Waals surface area contributed by atoms with Crippen LogP contribution >= 0.6 is 35.7 Å². The first-order valence-electron chi connectivity index (χ1n) is 3.92. The third kappa shape index (κ3) is 1.88. The fourth-order valence-electron chi connectivity index (χ4n) is 1.48. The molecule has 0 aromatic heterocycles. The van der Waals surface area contributed by atoms with Gasteiger partial charge in [0.2, 0.25) is 0 Å². The van der Waals surface area contributed by atoms with Gasteiger partial charge in [-0.3, -0.25) is 0 Å². The second-order valence-electron chi connectivity index (χ2n) is 2.91. The second-order valence-corrected chi connectivity index (χ2v) is 6.31. The number of thiocarbonyl (C=S) groups is 1. The molecule has 0 bridgehead atoms. The predicted molar refractivity (Wildman–Crippen MR) is 58.1 cm³/mol. The van der Waals surface area contributed by atoms with E-state index in [0.29, 0.717) is 0 Å². The lowest BCUT2D eigenvalue weighted by Crippen LogP contribution is -2.34. The molecule has 1 N–H and O–H groups in total. The first kappa shape index (κ1) is 10.2. The smallest absolute Gasteiger partial charge is 0.184 e. The number of hydrogen-bond acceptors (Lipinski definition) is 6. The molecular weight excluding hydrogens is 228 g/mol. The first-order chi connectivity index (χ1) is 6.22. The molecule has 6 heteroatoms. The molecule has 0 saturated carbocycles. The number of fused-ring (bicyclic) bond motifs is 1.